The number of aryl methyl sites for hydroxylation is 1. The first-order chi connectivity index (χ1) is 12.2. The molecule has 2 heterocycles. The quantitative estimate of drug-likeness (QED) is 0.834. The van der Waals surface area contributed by atoms with Crippen molar-refractivity contribution in [2.45, 2.75) is 6.92 Å². The van der Waals surface area contributed by atoms with Gasteiger partial charge in [0.1, 0.15) is 17.8 Å². The lowest BCUT2D eigenvalue weighted by atomic mass is 10.2. The molecule has 0 bridgehead atoms. The smallest absolute Gasteiger partial charge is 0.274 e. The van der Waals surface area contributed by atoms with E-state index in [1.807, 2.05) is 31.2 Å². The van der Waals surface area contributed by atoms with Crippen molar-refractivity contribution < 1.29 is 9.53 Å². The van der Waals surface area contributed by atoms with E-state index in [1.165, 1.54) is 6.33 Å². The summed E-state index contributed by atoms with van der Waals surface area (Å²) in [6, 6.07) is 9.32. The number of aromatic nitrogens is 2. The van der Waals surface area contributed by atoms with E-state index in [4.69, 9.17) is 4.74 Å². The van der Waals surface area contributed by atoms with Crippen molar-refractivity contribution in [3.63, 3.8) is 0 Å². The van der Waals surface area contributed by atoms with Gasteiger partial charge in [-0.15, -0.1) is 0 Å². The van der Waals surface area contributed by atoms with E-state index in [0.717, 1.165) is 50.6 Å². The Morgan fingerprint density at radius 2 is 1.96 bits per heavy atom. The number of nitrogens with zero attached hydrogens (tertiary/aromatic N) is 3. The number of hydrogen-bond donors (Lipinski definition) is 2. The molecule has 7 nitrogen and oxygen atoms in total. The minimum Gasteiger partial charge on any atom is -0.379 e. The predicted molar refractivity (Wildman–Crippen MR) is 96.9 cm³/mol. The van der Waals surface area contributed by atoms with Crippen LogP contribution < -0.4 is 10.6 Å². The highest BCUT2D eigenvalue weighted by Gasteiger charge is 2.11. The van der Waals surface area contributed by atoms with Crippen LogP contribution in [-0.2, 0) is 4.74 Å². The van der Waals surface area contributed by atoms with E-state index in [-0.39, 0.29) is 5.91 Å². The fourth-order valence-electron chi connectivity index (χ4n) is 2.58. The molecular weight excluding hydrogens is 318 g/mol. The average Bonchev–Trinajstić information content (AvgIpc) is 2.65. The third-order valence-electron chi connectivity index (χ3n) is 4.05. The molecule has 3 rings (SSSR count). The summed E-state index contributed by atoms with van der Waals surface area (Å²) >= 11 is 0. The number of rotatable bonds is 6. The van der Waals surface area contributed by atoms with Gasteiger partial charge in [-0.25, -0.2) is 9.97 Å². The minimum absolute atomic E-state index is 0.248. The summed E-state index contributed by atoms with van der Waals surface area (Å²) in [5.41, 5.74) is 2.23. The van der Waals surface area contributed by atoms with Crippen molar-refractivity contribution in [2.24, 2.45) is 0 Å². The Morgan fingerprint density at radius 3 is 2.72 bits per heavy atom. The van der Waals surface area contributed by atoms with Crippen LogP contribution in [0.4, 0.5) is 11.5 Å². The van der Waals surface area contributed by atoms with Gasteiger partial charge in [-0.3, -0.25) is 9.69 Å². The molecule has 0 aliphatic carbocycles. The normalized spacial score (nSPS) is 14.9. The maximum absolute atomic E-state index is 12.3. The van der Waals surface area contributed by atoms with Crippen LogP contribution in [0.15, 0.2) is 36.7 Å². The number of carbonyl (C=O) groups excluding carboxylic acids is 1. The lowest BCUT2D eigenvalue weighted by Gasteiger charge is -2.26. The molecule has 1 aliphatic heterocycles. The third kappa shape index (κ3) is 5.23. The first-order valence-corrected chi connectivity index (χ1v) is 8.45. The van der Waals surface area contributed by atoms with Crippen molar-refractivity contribution in [1.82, 2.24) is 14.9 Å². The fraction of sp³-hybridized carbons (Fsp3) is 0.389. The Kier molecular flexibility index (Phi) is 5.92. The molecule has 132 valence electrons. The SMILES string of the molecule is Cc1ccc(NC(=O)c2cc(NCCN3CCOCC3)ncn2)cc1. The van der Waals surface area contributed by atoms with Crippen molar-refractivity contribution in [3.05, 3.63) is 47.9 Å². The summed E-state index contributed by atoms with van der Waals surface area (Å²) in [6.07, 6.45) is 1.40. The zero-order valence-corrected chi connectivity index (χ0v) is 14.4. The first kappa shape index (κ1) is 17.3. The van der Waals surface area contributed by atoms with Crippen molar-refractivity contribution in [2.75, 3.05) is 50.0 Å². The van der Waals surface area contributed by atoms with Gasteiger partial charge in [-0.2, -0.15) is 0 Å². The largest absolute Gasteiger partial charge is 0.379 e. The van der Waals surface area contributed by atoms with E-state index in [9.17, 15) is 4.79 Å². The second-order valence-electron chi connectivity index (χ2n) is 5.99. The molecule has 2 N–H and O–H groups in total. The lowest BCUT2D eigenvalue weighted by molar-refractivity contribution is 0.0398. The van der Waals surface area contributed by atoms with Crippen molar-refractivity contribution in [1.29, 1.82) is 0 Å². The van der Waals surface area contributed by atoms with Gasteiger partial charge in [0.05, 0.1) is 13.2 Å². The van der Waals surface area contributed by atoms with Crippen LogP contribution >= 0.6 is 0 Å². The molecule has 0 radical (unpaired) electrons. The molecule has 0 saturated carbocycles. The predicted octanol–water partition coefficient (Wildman–Crippen LogP) is 1.78. The van der Waals surface area contributed by atoms with E-state index >= 15 is 0 Å². The molecule has 1 aliphatic rings. The first-order valence-electron chi connectivity index (χ1n) is 8.45. The molecular formula is C18H23N5O2. The van der Waals surface area contributed by atoms with Crippen LogP contribution in [0, 0.1) is 6.92 Å². The summed E-state index contributed by atoms with van der Waals surface area (Å²) in [7, 11) is 0. The second-order valence-corrected chi connectivity index (χ2v) is 5.99. The molecule has 0 unspecified atom stereocenters. The fourth-order valence-corrected chi connectivity index (χ4v) is 2.58. The zero-order chi connectivity index (χ0) is 17.5. The molecule has 2 aromatic rings. The van der Waals surface area contributed by atoms with Crippen LogP contribution in [0.5, 0.6) is 0 Å². The second kappa shape index (κ2) is 8.55. The van der Waals surface area contributed by atoms with Gasteiger partial charge >= 0.3 is 0 Å². The van der Waals surface area contributed by atoms with E-state index in [1.54, 1.807) is 6.07 Å². The molecule has 1 aromatic heterocycles. The summed E-state index contributed by atoms with van der Waals surface area (Å²) in [5.74, 6) is 0.403. The Balaban J connectivity index is 1.53. The van der Waals surface area contributed by atoms with Gasteiger partial charge in [-0.1, -0.05) is 17.7 Å². The van der Waals surface area contributed by atoms with Crippen molar-refractivity contribution >= 4 is 17.4 Å². The third-order valence-corrected chi connectivity index (χ3v) is 4.05. The number of amides is 1. The molecule has 1 saturated heterocycles. The maximum atomic E-state index is 12.3. The van der Waals surface area contributed by atoms with E-state index < -0.39 is 0 Å². The molecule has 25 heavy (non-hydrogen) atoms. The van der Waals surface area contributed by atoms with Gasteiger partial charge in [0.2, 0.25) is 0 Å². The Hall–Kier alpha value is -2.51. The van der Waals surface area contributed by atoms with Crippen LogP contribution in [-0.4, -0.2) is 60.2 Å². The van der Waals surface area contributed by atoms with Crippen molar-refractivity contribution in [3.8, 4) is 0 Å². The number of hydrogen-bond acceptors (Lipinski definition) is 6. The van der Waals surface area contributed by atoms with Crippen LogP contribution in [0.2, 0.25) is 0 Å². The standard InChI is InChI=1S/C18H23N5O2/c1-14-2-4-15(5-3-14)22-18(24)16-12-17(21-13-20-16)19-6-7-23-8-10-25-11-9-23/h2-5,12-13H,6-11H2,1H3,(H,22,24)(H,19,20,21). The number of nitrogens with one attached hydrogen (secondary N) is 2. The van der Waals surface area contributed by atoms with Crippen LogP contribution in [0.25, 0.3) is 0 Å². The molecule has 1 fully saturated rings. The maximum Gasteiger partial charge on any atom is 0.274 e. The topological polar surface area (TPSA) is 79.4 Å². The highest BCUT2D eigenvalue weighted by molar-refractivity contribution is 6.03. The summed E-state index contributed by atoms with van der Waals surface area (Å²) in [4.78, 5) is 22.9. The Labute approximate surface area is 147 Å². The number of ether oxygens (including phenoxy) is 1. The number of morpholine rings is 1. The number of benzene rings is 1. The van der Waals surface area contributed by atoms with E-state index in [2.05, 4.69) is 25.5 Å². The summed E-state index contributed by atoms with van der Waals surface area (Å²) in [6.45, 7) is 7.16. The monoisotopic (exact) mass is 341 g/mol. The van der Waals surface area contributed by atoms with Gasteiger partial charge in [-0.05, 0) is 19.1 Å². The molecule has 1 aromatic carbocycles. The van der Waals surface area contributed by atoms with E-state index in [0.29, 0.717) is 11.5 Å². The highest BCUT2D eigenvalue weighted by atomic mass is 16.5. The number of carbonyl (C=O) groups is 1. The molecule has 7 heteroatoms. The van der Waals surface area contributed by atoms with Crippen LogP contribution in [0.1, 0.15) is 16.1 Å². The molecule has 0 atom stereocenters. The lowest BCUT2D eigenvalue weighted by Crippen LogP contribution is -2.39. The number of anilines is 2. The van der Waals surface area contributed by atoms with Gasteiger partial charge in [0.25, 0.3) is 5.91 Å². The minimum atomic E-state index is -0.248. The highest BCUT2D eigenvalue weighted by Crippen LogP contribution is 2.11. The molecule has 0 spiro atoms. The Morgan fingerprint density at radius 1 is 1.20 bits per heavy atom. The summed E-state index contributed by atoms with van der Waals surface area (Å²) in [5, 5.41) is 6.09. The molecule has 1 amide bonds. The van der Waals surface area contributed by atoms with Gasteiger partial charge in [0.15, 0.2) is 0 Å². The summed E-state index contributed by atoms with van der Waals surface area (Å²) < 4.78 is 5.33. The average molecular weight is 341 g/mol. The zero-order valence-electron chi connectivity index (χ0n) is 14.4. The van der Waals surface area contributed by atoms with Gasteiger partial charge in [0, 0.05) is 37.9 Å². The Bertz CT molecular complexity index is 699. The van der Waals surface area contributed by atoms with Gasteiger partial charge < -0.3 is 15.4 Å². The van der Waals surface area contributed by atoms with Crippen LogP contribution in [0.3, 0.4) is 0 Å².